The molecule has 5 heterocycles. The third-order valence-electron chi connectivity index (χ3n) is 9.10. The lowest BCUT2D eigenvalue weighted by atomic mass is 9.85. The summed E-state index contributed by atoms with van der Waals surface area (Å²) in [4.78, 5) is 47.5. The summed E-state index contributed by atoms with van der Waals surface area (Å²) in [6.45, 7) is 3.84. The number of ether oxygens (including phenoxy) is 4. The summed E-state index contributed by atoms with van der Waals surface area (Å²) in [5.41, 5.74) is 4.09. The molecule has 1 unspecified atom stereocenters. The first-order chi connectivity index (χ1) is 21.3. The molecule has 2 aromatic heterocycles. The molecule has 1 atom stereocenters. The minimum absolute atomic E-state index is 0.0767. The van der Waals surface area contributed by atoms with E-state index < -0.39 is 17.5 Å². The SMILES string of the molecule is CCC1(OC(=O)CCN2CCc3cc(OC)c(OC)cc3C2)C(=O)OCc2c1cc1n(c2=O)Cc2cc3ccccc3nc2-1. The summed E-state index contributed by atoms with van der Waals surface area (Å²) in [6, 6.07) is 15.6. The number of rotatable bonds is 7. The highest BCUT2D eigenvalue weighted by Crippen LogP contribution is 2.41. The van der Waals surface area contributed by atoms with Crippen molar-refractivity contribution < 1.29 is 28.5 Å². The number of carbonyl (C=O) groups excluding carboxylic acids is 2. The first kappa shape index (κ1) is 28.1. The number of methoxy groups -OCH3 is 2. The Morgan fingerprint density at radius 1 is 1.00 bits per heavy atom. The average Bonchev–Trinajstić information content (AvgIpc) is 3.41. The molecule has 3 aliphatic rings. The predicted molar refractivity (Wildman–Crippen MR) is 162 cm³/mol. The Hall–Kier alpha value is -4.70. The second-order valence-corrected chi connectivity index (χ2v) is 11.5. The lowest BCUT2D eigenvalue weighted by Crippen LogP contribution is -2.47. The summed E-state index contributed by atoms with van der Waals surface area (Å²) in [6.07, 6.45) is 1.01. The van der Waals surface area contributed by atoms with Crippen LogP contribution in [0.15, 0.2) is 53.3 Å². The van der Waals surface area contributed by atoms with E-state index in [9.17, 15) is 14.4 Å². The molecule has 10 heteroatoms. The van der Waals surface area contributed by atoms with Crippen molar-refractivity contribution in [2.24, 2.45) is 0 Å². The van der Waals surface area contributed by atoms with E-state index in [2.05, 4.69) is 4.90 Å². The van der Waals surface area contributed by atoms with Crippen LogP contribution >= 0.6 is 0 Å². The van der Waals surface area contributed by atoms with Crippen LogP contribution in [0.1, 0.15) is 47.6 Å². The van der Waals surface area contributed by atoms with E-state index in [1.807, 2.05) is 42.5 Å². The summed E-state index contributed by atoms with van der Waals surface area (Å²) in [7, 11) is 3.23. The van der Waals surface area contributed by atoms with E-state index in [-0.39, 0.29) is 25.0 Å². The highest BCUT2D eigenvalue weighted by molar-refractivity contribution is 5.88. The van der Waals surface area contributed by atoms with Crippen molar-refractivity contribution in [1.29, 1.82) is 0 Å². The zero-order valence-corrected chi connectivity index (χ0v) is 25.0. The number of cyclic esters (lactones) is 1. The fraction of sp³-hybridized carbons (Fsp3) is 0.353. The fourth-order valence-electron chi connectivity index (χ4n) is 6.71. The van der Waals surface area contributed by atoms with Crippen molar-refractivity contribution in [1.82, 2.24) is 14.5 Å². The van der Waals surface area contributed by atoms with Gasteiger partial charge >= 0.3 is 11.9 Å². The average molecular weight is 596 g/mol. The first-order valence-corrected chi connectivity index (χ1v) is 14.9. The molecule has 2 aromatic carbocycles. The Morgan fingerprint density at radius 3 is 2.55 bits per heavy atom. The maximum Gasteiger partial charge on any atom is 0.355 e. The van der Waals surface area contributed by atoms with Gasteiger partial charge in [0.05, 0.1) is 49.7 Å². The van der Waals surface area contributed by atoms with E-state index in [4.69, 9.17) is 23.9 Å². The zero-order chi connectivity index (χ0) is 30.6. The molecule has 0 fully saturated rings. The molecule has 0 bridgehead atoms. The smallest absolute Gasteiger partial charge is 0.355 e. The monoisotopic (exact) mass is 595 g/mol. The van der Waals surface area contributed by atoms with E-state index >= 15 is 0 Å². The molecule has 0 saturated carbocycles. The van der Waals surface area contributed by atoms with Gasteiger partial charge in [0, 0.05) is 36.1 Å². The van der Waals surface area contributed by atoms with Gasteiger partial charge in [0.25, 0.3) is 5.56 Å². The molecular formula is C34H33N3O7. The van der Waals surface area contributed by atoms with Gasteiger partial charge in [-0.3, -0.25) is 14.5 Å². The fourth-order valence-corrected chi connectivity index (χ4v) is 6.71. The normalized spacial score (nSPS) is 18.6. The largest absolute Gasteiger partial charge is 0.493 e. The second-order valence-electron chi connectivity index (χ2n) is 11.5. The van der Waals surface area contributed by atoms with Crippen molar-refractivity contribution in [3.63, 3.8) is 0 Å². The first-order valence-electron chi connectivity index (χ1n) is 14.9. The minimum atomic E-state index is -1.71. The second kappa shape index (κ2) is 10.8. The summed E-state index contributed by atoms with van der Waals surface area (Å²) in [5.74, 6) is 0.175. The van der Waals surface area contributed by atoms with E-state index in [1.54, 1.807) is 31.8 Å². The van der Waals surface area contributed by atoms with Crippen LogP contribution in [-0.2, 0) is 50.8 Å². The molecule has 7 rings (SSSR count). The number of pyridine rings is 2. The Bertz CT molecular complexity index is 1900. The molecule has 0 amide bonds. The Labute approximate surface area is 254 Å². The van der Waals surface area contributed by atoms with Crippen LogP contribution < -0.4 is 15.0 Å². The third kappa shape index (κ3) is 4.43. The van der Waals surface area contributed by atoms with Gasteiger partial charge in [-0.2, -0.15) is 0 Å². The van der Waals surface area contributed by atoms with Gasteiger partial charge in [0.1, 0.15) is 6.61 Å². The standard InChI is InChI=1S/C34H33N3O7/c1-4-34(44-30(38)10-12-36-11-9-20-14-28(41-2)29(42-3)15-22(20)17-36)25-16-27-31-23(13-21-7-5-6-8-26(21)35-31)18-37(27)32(39)24(25)19-43-33(34)40/h5-8,13-16H,4,9-12,17-19H2,1-3H3. The third-order valence-corrected chi connectivity index (χ3v) is 9.10. The van der Waals surface area contributed by atoms with Gasteiger partial charge < -0.3 is 23.5 Å². The minimum Gasteiger partial charge on any atom is -0.493 e. The number of esters is 2. The van der Waals surface area contributed by atoms with Gasteiger partial charge in [0.2, 0.25) is 5.60 Å². The number of aromatic nitrogens is 2. The molecule has 226 valence electrons. The summed E-state index contributed by atoms with van der Waals surface area (Å²) >= 11 is 0. The Morgan fingerprint density at radius 2 is 1.77 bits per heavy atom. The molecule has 10 nitrogen and oxygen atoms in total. The molecule has 0 N–H and O–H groups in total. The zero-order valence-electron chi connectivity index (χ0n) is 25.0. The number of nitrogens with zero attached hydrogens (tertiary/aromatic N) is 3. The highest BCUT2D eigenvalue weighted by Gasteiger charge is 2.50. The van der Waals surface area contributed by atoms with E-state index in [0.717, 1.165) is 35.0 Å². The lowest BCUT2D eigenvalue weighted by Gasteiger charge is -2.36. The quantitative estimate of drug-likeness (QED) is 0.257. The molecule has 44 heavy (non-hydrogen) atoms. The Balaban J connectivity index is 1.15. The number of hydrogen-bond acceptors (Lipinski definition) is 9. The van der Waals surface area contributed by atoms with Crippen molar-refractivity contribution in [3.05, 3.63) is 86.7 Å². The highest BCUT2D eigenvalue weighted by atomic mass is 16.6. The van der Waals surface area contributed by atoms with Gasteiger partial charge in [-0.05, 0) is 54.3 Å². The molecule has 4 aromatic rings. The van der Waals surface area contributed by atoms with Crippen LogP contribution in [0.25, 0.3) is 22.3 Å². The molecule has 3 aliphatic heterocycles. The van der Waals surface area contributed by atoms with Gasteiger partial charge in [-0.15, -0.1) is 0 Å². The maximum absolute atomic E-state index is 13.8. The van der Waals surface area contributed by atoms with Gasteiger partial charge in [0.15, 0.2) is 11.5 Å². The van der Waals surface area contributed by atoms with Crippen LogP contribution in [0.3, 0.4) is 0 Å². The predicted octanol–water partition coefficient (Wildman–Crippen LogP) is 4.10. The summed E-state index contributed by atoms with van der Waals surface area (Å²) in [5, 5.41) is 0.989. The topological polar surface area (TPSA) is 109 Å². The number of carbonyl (C=O) groups is 2. The molecule has 0 saturated heterocycles. The summed E-state index contributed by atoms with van der Waals surface area (Å²) < 4.78 is 24.1. The number of para-hydroxylation sites is 1. The van der Waals surface area contributed by atoms with Crippen molar-refractivity contribution in [2.75, 3.05) is 27.3 Å². The molecular weight excluding hydrogens is 562 g/mol. The van der Waals surface area contributed by atoms with Crippen molar-refractivity contribution in [3.8, 4) is 22.9 Å². The number of benzene rings is 2. The van der Waals surface area contributed by atoms with Crippen LogP contribution in [-0.4, -0.2) is 53.7 Å². The van der Waals surface area contributed by atoms with Crippen LogP contribution in [0.5, 0.6) is 11.5 Å². The van der Waals surface area contributed by atoms with Crippen LogP contribution in [0, 0.1) is 0 Å². The van der Waals surface area contributed by atoms with Gasteiger partial charge in [-0.1, -0.05) is 25.1 Å². The molecule has 0 radical (unpaired) electrons. The number of fused-ring (bicyclic) bond motifs is 6. The van der Waals surface area contributed by atoms with E-state index in [0.29, 0.717) is 53.6 Å². The maximum atomic E-state index is 13.8. The number of hydrogen-bond donors (Lipinski definition) is 0. The van der Waals surface area contributed by atoms with Crippen LogP contribution in [0.2, 0.25) is 0 Å². The van der Waals surface area contributed by atoms with Crippen molar-refractivity contribution in [2.45, 2.75) is 51.5 Å². The van der Waals surface area contributed by atoms with Gasteiger partial charge in [-0.25, -0.2) is 9.78 Å². The van der Waals surface area contributed by atoms with Crippen LogP contribution in [0.4, 0.5) is 0 Å². The Kier molecular flexibility index (Phi) is 6.88. The molecule has 0 spiro atoms. The lowest BCUT2D eigenvalue weighted by molar-refractivity contribution is -0.189. The van der Waals surface area contributed by atoms with E-state index in [1.165, 1.54) is 5.56 Å². The molecule has 0 aliphatic carbocycles. The van der Waals surface area contributed by atoms with Crippen molar-refractivity contribution >= 4 is 22.8 Å².